The van der Waals surface area contributed by atoms with Crippen LogP contribution in [0.4, 0.5) is 0 Å². The second-order valence-corrected chi connectivity index (χ2v) is 5.16. The standard InChI is InChI=1S/C16H14OS2/c1-3-7-15(8-4-1)11-13-18-17-19-14-12-16-9-5-2-6-10-16/h1-14H/b13-11+,14-12+. The zero-order chi connectivity index (χ0) is 13.2. The fraction of sp³-hybridized carbons (Fsp3) is 0. The summed E-state index contributed by atoms with van der Waals surface area (Å²) in [7, 11) is 0. The van der Waals surface area contributed by atoms with Gasteiger partial charge in [0.15, 0.2) is 0 Å². The Kier molecular flexibility index (Phi) is 6.37. The van der Waals surface area contributed by atoms with Crippen molar-refractivity contribution >= 4 is 36.2 Å². The van der Waals surface area contributed by atoms with Crippen molar-refractivity contribution in [1.82, 2.24) is 0 Å². The van der Waals surface area contributed by atoms with Crippen molar-refractivity contribution in [3.63, 3.8) is 0 Å². The minimum Gasteiger partial charge on any atom is -0.238 e. The van der Waals surface area contributed by atoms with Crippen molar-refractivity contribution in [2.24, 2.45) is 0 Å². The maximum atomic E-state index is 5.34. The van der Waals surface area contributed by atoms with Gasteiger partial charge in [-0.1, -0.05) is 60.7 Å². The van der Waals surface area contributed by atoms with Crippen molar-refractivity contribution in [3.05, 3.63) is 82.6 Å². The van der Waals surface area contributed by atoms with Gasteiger partial charge in [0.25, 0.3) is 0 Å². The first-order valence-electron chi connectivity index (χ1n) is 5.87. The van der Waals surface area contributed by atoms with Crippen molar-refractivity contribution in [2.45, 2.75) is 0 Å². The summed E-state index contributed by atoms with van der Waals surface area (Å²) in [4.78, 5) is 0. The van der Waals surface area contributed by atoms with Crippen molar-refractivity contribution in [2.75, 3.05) is 0 Å². The molecule has 0 aliphatic carbocycles. The number of benzene rings is 2. The molecule has 0 N–H and O–H groups in total. The fourth-order valence-electron chi connectivity index (χ4n) is 1.41. The number of hydrogen-bond donors (Lipinski definition) is 0. The van der Waals surface area contributed by atoms with Gasteiger partial charge < -0.3 is 0 Å². The molecule has 0 spiro atoms. The quantitative estimate of drug-likeness (QED) is 0.502. The van der Waals surface area contributed by atoms with E-state index in [-0.39, 0.29) is 0 Å². The van der Waals surface area contributed by atoms with Crippen molar-refractivity contribution < 1.29 is 3.63 Å². The summed E-state index contributed by atoms with van der Waals surface area (Å²) in [6.45, 7) is 0. The first-order chi connectivity index (χ1) is 9.45. The summed E-state index contributed by atoms with van der Waals surface area (Å²) < 4.78 is 5.34. The number of hydrogen-bond acceptors (Lipinski definition) is 3. The third-order valence-electron chi connectivity index (χ3n) is 2.31. The summed E-state index contributed by atoms with van der Waals surface area (Å²) in [5.41, 5.74) is 2.34. The van der Waals surface area contributed by atoms with Crippen LogP contribution in [-0.2, 0) is 3.63 Å². The molecule has 2 aromatic carbocycles. The van der Waals surface area contributed by atoms with E-state index < -0.39 is 0 Å². The normalized spacial score (nSPS) is 11.4. The molecule has 0 atom stereocenters. The zero-order valence-electron chi connectivity index (χ0n) is 10.3. The minimum absolute atomic E-state index is 1.17. The summed E-state index contributed by atoms with van der Waals surface area (Å²) >= 11 is 2.63. The van der Waals surface area contributed by atoms with Gasteiger partial charge in [-0.15, -0.1) is 0 Å². The highest BCUT2D eigenvalue weighted by Gasteiger charge is 1.86. The van der Waals surface area contributed by atoms with E-state index in [0.717, 1.165) is 0 Å². The molecule has 3 heteroatoms. The molecule has 0 fully saturated rings. The fourth-order valence-corrected chi connectivity index (χ4v) is 2.38. The van der Waals surface area contributed by atoms with Crippen LogP contribution in [0, 0.1) is 0 Å². The molecule has 2 rings (SSSR count). The lowest BCUT2D eigenvalue weighted by Gasteiger charge is -1.93. The highest BCUT2D eigenvalue weighted by atomic mass is 32.2. The van der Waals surface area contributed by atoms with Crippen LogP contribution in [-0.4, -0.2) is 0 Å². The molecule has 0 heterocycles. The molecular formula is C16H14OS2. The summed E-state index contributed by atoms with van der Waals surface area (Å²) in [5, 5.41) is 3.86. The Balaban J connectivity index is 1.65. The van der Waals surface area contributed by atoms with Gasteiger partial charge in [-0.25, -0.2) is 3.63 Å². The lowest BCUT2D eigenvalue weighted by molar-refractivity contribution is 0.774. The Bertz CT molecular complexity index is 471. The molecule has 0 saturated heterocycles. The Labute approximate surface area is 122 Å². The smallest absolute Gasteiger partial charge is 0.0367 e. The lowest BCUT2D eigenvalue weighted by Crippen LogP contribution is -1.67. The first-order valence-corrected chi connectivity index (χ1v) is 7.48. The van der Waals surface area contributed by atoms with E-state index in [2.05, 4.69) is 24.3 Å². The van der Waals surface area contributed by atoms with Gasteiger partial charge >= 0.3 is 0 Å². The molecule has 1 nitrogen and oxygen atoms in total. The minimum atomic E-state index is 1.17. The SMILES string of the molecule is C(=C\c1ccccc1)/SOS/C=C/c1ccccc1. The Morgan fingerprint density at radius 2 is 1.05 bits per heavy atom. The van der Waals surface area contributed by atoms with Crippen LogP contribution >= 0.6 is 24.1 Å². The molecule has 0 unspecified atom stereocenters. The van der Waals surface area contributed by atoms with E-state index >= 15 is 0 Å². The summed E-state index contributed by atoms with van der Waals surface area (Å²) in [6.07, 6.45) is 4.04. The van der Waals surface area contributed by atoms with Gasteiger partial charge in [0, 0.05) is 34.9 Å². The van der Waals surface area contributed by atoms with Crippen LogP contribution in [0.25, 0.3) is 12.2 Å². The maximum absolute atomic E-state index is 5.34. The average molecular weight is 286 g/mol. The van der Waals surface area contributed by atoms with Gasteiger partial charge in [0.1, 0.15) is 0 Å². The molecule has 2 aromatic rings. The molecule has 96 valence electrons. The number of rotatable bonds is 6. The van der Waals surface area contributed by atoms with Crippen LogP contribution in [0.1, 0.15) is 11.1 Å². The Morgan fingerprint density at radius 1 is 0.632 bits per heavy atom. The van der Waals surface area contributed by atoms with Crippen LogP contribution in [0.3, 0.4) is 0 Å². The Hall–Kier alpha value is -1.42. The van der Waals surface area contributed by atoms with Gasteiger partial charge in [0.2, 0.25) is 0 Å². The van der Waals surface area contributed by atoms with Gasteiger partial charge in [-0.2, -0.15) is 0 Å². The molecular weight excluding hydrogens is 272 g/mol. The predicted octanol–water partition coefficient (Wildman–Crippen LogP) is 5.64. The molecule has 0 aromatic heterocycles. The van der Waals surface area contributed by atoms with Gasteiger partial charge in [0.05, 0.1) is 0 Å². The first kappa shape index (κ1) is 14.0. The Morgan fingerprint density at radius 3 is 1.47 bits per heavy atom. The predicted molar refractivity (Wildman–Crippen MR) is 87.2 cm³/mol. The van der Waals surface area contributed by atoms with E-state index in [1.54, 1.807) is 0 Å². The second kappa shape index (κ2) is 8.64. The van der Waals surface area contributed by atoms with E-state index in [9.17, 15) is 0 Å². The van der Waals surface area contributed by atoms with Crippen LogP contribution in [0.15, 0.2) is 71.5 Å². The molecule has 0 radical (unpaired) electrons. The largest absolute Gasteiger partial charge is 0.238 e. The molecule has 0 amide bonds. The average Bonchev–Trinajstić information content (AvgIpc) is 2.48. The third kappa shape index (κ3) is 5.83. The van der Waals surface area contributed by atoms with E-state index in [1.165, 1.54) is 35.2 Å². The molecule has 0 bridgehead atoms. The van der Waals surface area contributed by atoms with Crippen LogP contribution in [0.5, 0.6) is 0 Å². The third-order valence-corrected chi connectivity index (χ3v) is 3.43. The summed E-state index contributed by atoms with van der Waals surface area (Å²) in [6, 6.07) is 20.3. The molecule has 0 aliphatic rings. The molecule has 0 saturated carbocycles. The van der Waals surface area contributed by atoms with E-state index in [4.69, 9.17) is 3.63 Å². The van der Waals surface area contributed by atoms with Gasteiger partial charge in [-0.3, -0.25) is 0 Å². The summed E-state index contributed by atoms with van der Waals surface area (Å²) in [5.74, 6) is 0. The maximum Gasteiger partial charge on any atom is 0.0367 e. The van der Waals surface area contributed by atoms with Gasteiger partial charge in [-0.05, 0) is 23.3 Å². The topological polar surface area (TPSA) is 9.23 Å². The second-order valence-electron chi connectivity index (χ2n) is 3.69. The zero-order valence-corrected chi connectivity index (χ0v) is 11.9. The molecule has 0 aliphatic heterocycles. The molecule has 19 heavy (non-hydrogen) atoms. The van der Waals surface area contributed by atoms with Crippen LogP contribution < -0.4 is 0 Å². The lowest BCUT2D eigenvalue weighted by atomic mass is 10.2. The highest BCUT2D eigenvalue weighted by Crippen LogP contribution is 2.19. The highest BCUT2D eigenvalue weighted by molar-refractivity contribution is 8.10. The van der Waals surface area contributed by atoms with Crippen molar-refractivity contribution in [1.29, 1.82) is 0 Å². The van der Waals surface area contributed by atoms with E-state index in [1.807, 2.05) is 59.4 Å². The monoisotopic (exact) mass is 286 g/mol. The van der Waals surface area contributed by atoms with Crippen LogP contribution in [0.2, 0.25) is 0 Å². The van der Waals surface area contributed by atoms with E-state index in [0.29, 0.717) is 0 Å². The van der Waals surface area contributed by atoms with Crippen molar-refractivity contribution in [3.8, 4) is 0 Å².